The molecule has 8 heteroatoms. The van der Waals surface area contributed by atoms with Crippen LogP contribution in [-0.4, -0.2) is 25.6 Å². The number of carbonyl (C=O) groups is 1. The van der Waals surface area contributed by atoms with E-state index in [4.69, 9.17) is 4.98 Å². The van der Waals surface area contributed by atoms with Crippen LogP contribution in [-0.2, 0) is 6.54 Å². The van der Waals surface area contributed by atoms with Gasteiger partial charge in [-0.2, -0.15) is 5.10 Å². The van der Waals surface area contributed by atoms with Crippen molar-refractivity contribution in [3.63, 3.8) is 0 Å². The summed E-state index contributed by atoms with van der Waals surface area (Å²) in [6, 6.07) is 13.6. The van der Waals surface area contributed by atoms with Crippen LogP contribution in [0.1, 0.15) is 35.7 Å². The quantitative estimate of drug-likeness (QED) is 0.366. The van der Waals surface area contributed by atoms with Gasteiger partial charge in [-0.1, -0.05) is 31.5 Å². The molecule has 0 aliphatic heterocycles. The Morgan fingerprint density at radius 2 is 2.03 bits per heavy atom. The van der Waals surface area contributed by atoms with Crippen molar-refractivity contribution >= 4 is 39.3 Å². The normalized spacial score (nSPS) is 11.1. The molecule has 4 aromatic rings. The molecule has 0 fully saturated rings. The zero-order valence-corrected chi connectivity index (χ0v) is 16.8. The Kier molecular flexibility index (Phi) is 5.14. The number of nitrogens with one attached hydrogen (secondary N) is 1. The Bertz CT molecular complexity index is 1280. The molecule has 0 atom stereocenters. The molecule has 0 bridgehead atoms. The largest absolute Gasteiger partial charge is 0.304 e. The van der Waals surface area contributed by atoms with Crippen LogP contribution < -0.4 is 5.32 Å². The number of aryl methyl sites for hydroxylation is 2. The Labute approximate surface area is 172 Å². The monoisotopic (exact) mass is 403 g/mol. The number of nitrogens with zero attached hydrogens (tertiary/aromatic N) is 4. The lowest BCUT2D eigenvalue weighted by molar-refractivity contribution is -0.384. The maximum absolute atomic E-state index is 12.8. The number of anilines is 1. The molecule has 0 aliphatic rings. The Morgan fingerprint density at radius 3 is 2.80 bits per heavy atom. The van der Waals surface area contributed by atoms with Gasteiger partial charge in [-0.05, 0) is 37.1 Å². The minimum absolute atomic E-state index is 0.135. The predicted octanol–water partition coefficient (Wildman–Crippen LogP) is 4.85. The molecule has 0 unspecified atom stereocenters. The van der Waals surface area contributed by atoms with Gasteiger partial charge in [-0.25, -0.2) is 9.67 Å². The fourth-order valence-corrected chi connectivity index (χ4v) is 3.36. The molecule has 30 heavy (non-hydrogen) atoms. The van der Waals surface area contributed by atoms with Crippen molar-refractivity contribution in [3.8, 4) is 0 Å². The Balaban J connectivity index is 1.77. The third-order valence-electron chi connectivity index (χ3n) is 4.95. The van der Waals surface area contributed by atoms with E-state index in [1.165, 1.54) is 24.3 Å². The highest BCUT2D eigenvalue weighted by Gasteiger charge is 2.18. The van der Waals surface area contributed by atoms with E-state index in [0.717, 1.165) is 34.7 Å². The number of hydrogen-bond acceptors (Lipinski definition) is 5. The Morgan fingerprint density at radius 1 is 1.20 bits per heavy atom. The van der Waals surface area contributed by atoms with Crippen LogP contribution >= 0.6 is 0 Å². The summed E-state index contributed by atoms with van der Waals surface area (Å²) in [5.41, 5.74) is 2.76. The molecule has 0 aliphatic carbocycles. The molecular formula is C22H21N5O3. The first-order chi connectivity index (χ1) is 14.5. The first kappa shape index (κ1) is 19.5. The molecule has 2 heterocycles. The number of nitro groups is 1. The number of unbranched alkanes of at least 4 members (excludes halogenated alkanes) is 1. The van der Waals surface area contributed by atoms with Gasteiger partial charge >= 0.3 is 0 Å². The van der Waals surface area contributed by atoms with Crippen LogP contribution in [0.25, 0.3) is 21.9 Å². The van der Waals surface area contributed by atoms with E-state index in [-0.39, 0.29) is 11.3 Å². The number of hydrogen-bond donors (Lipinski definition) is 1. The molecule has 8 nitrogen and oxygen atoms in total. The van der Waals surface area contributed by atoms with Gasteiger partial charge in [-0.3, -0.25) is 14.9 Å². The second-order valence-corrected chi connectivity index (χ2v) is 7.24. The predicted molar refractivity (Wildman–Crippen MR) is 116 cm³/mol. The molecule has 1 N–H and O–H groups in total. The van der Waals surface area contributed by atoms with Crippen LogP contribution in [0.4, 0.5) is 11.5 Å². The van der Waals surface area contributed by atoms with Crippen molar-refractivity contribution in [1.29, 1.82) is 0 Å². The highest BCUT2D eigenvalue weighted by Crippen LogP contribution is 2.27. The Hall–Kier alpha value is -3.81. The molecule has 1 amide bonds. The fraction of sp³-hybridized carbons (Fsp3) is 0.227. The number of aromatic nitrogens is 3. The second kappa shape index (κ2) is 7.90. The molecule has 0 saturated carbocycles. The number of non-ortho nitro benzene ring substituents is 1. The second-order valence-electron chi connectivity index (χ2n) is 7.24. The SMILES string of the molecule is CCCCn1nc(NC(=O)c2cccc([N+](=O)[O-])c2)c2cc3ccc(C)cc3nc21. The van der Waals surface area contributed by atoms with Gasteiger partial charge in [0.15, 0.2) is 11.5 Å². The van der Waals surface area contributed by atoms with Crippen LogP contribution in [0.2, 0.25) is 0 Å². The van der Waals surface area contributed by atoms with Gasteiger partial charge in [-0.15, -0.1) is 0 Å². The van der Waals surface area contributed by atoms with Crippen molar-refractivity contribution in [2.24, 2.45) is 0 Å². The molecule has 0 radical (unpaired) electrons. The third kappa shape index (κ3) is 3.71. The zero-order valence-electron chi connectivity index (χ0n) is 16.8. The number of benzene rings is 2. The fourth-order valence-electron chi connectivity index (χ4n) is 3.36. The van der Waals surface area contributed by atoms with Crippen molar-refractivity contribution < 1.29 is 9.72 Å². The van der Waals surface area contributed by atoms with Crippen molar-refractivity contribution in [2.45, 2.75) is 33.2 Å². The van der Waals surface area contributed by atoms with Gasteiger partial charge in [0.2, 0.25) is 0 Å². The van der Waals surface area contributed by atoms with Crippen molar-refractivity contribution in [1.82, 2.24) is 14.8 Å². The summed E-state index contributed by atoms with van der Waals surface area (Å²) >= 11 is 0. The van der Waals surface area contributed by atoms with Gasteiger partial charge in [0, 0.05) is 29.6 Å². The smallest absolute Gasteiger partial charge is 0.270 e. The van der Waals surface area contributed by atoms with Crippen LogP contribution in [0.15, 0.2) is 48.5 Å². The molecule has 0 saturated heterocycles. The summed E-state index contributed by atoms with van der Waals surface area (Å²) in [5, 5.41) is 20.1. The lowest BCUT2D eigenvalue weighted by Crippen LogP contribution is -2.13. The minimum atomic E-state index is -0.524. The highest BCUT2D eigenvalue weighted by atomic mass is 16.6. The molecule has 2 aromatic heterocycles. The number of nitro benzene ring substituents is 1. The van der Waals surface area contributed by atoms with E-state index in [1.807, 2.05) is 35.9 Å². The molecular weight excluding hydrogens is 382 g/mol. The van der Waals surface area contributed by atoms with Gasteiger partial charge in [0.1, 0.15) is 0 Å². The average Bonchev–Trinajstić information content (AvgIpc) is 3.06. The van der Waals surface area contributed by atoms with E-state index >= 15 is 0 Å². The van der Waals surface area contributed by atoms with E-state index in [9.17, 15) is 14.9 Å². The molecule has 2 aromatic carbocycles. The van der Waals surface area contributed by atoms with Crippen molar-refractivity contribution in [3.05, 3.63) is 69.8 Å². The maximum atomic E-state index is 12.8. The van der Waals surface area contributed by atoms with Gasteiger partial charge < -0.3 is 5.32 Å². The third-order valence-corrected chi connectivity index (χ3v) is 4.95. The summed E-state index contributed by atoms with van der Waals surface area (Å²) in [6.45, 7) is 4.80. The highest BCUT2D eigenvalue weighted by molar-refractivity contribution is 6.09. The first-order valence-electron chi connectivity index (χ1n) is 9.80. The van der Waals surface area contributed by atoms with E-state index in [1.54, 1.807) is 0 Å². The van der Waals surface area contributed by atoms with E-state index < -0.39 is 10.8 Å². The lowest BCUT2D eigenvalue weighted by atomic mass is 10.1. The number of amides is 1. The van der Waals surface area contributed by atoms with Gasteiger partial charge in [0.25, 0.3) is 11.6 Å². The molecule has 0 spiro atoms. The number of carbonyl (C=O) groups excluding carboxylic acids is 1. The molecule has 4 rings (SSSR count). The summed E-state index contributed by atoms with van der Waals surface area (Å²) in [4.78, 5) is 28.0. The summed E-state index contributed by atoms with van der Waals surface area (Å²) in [6.07, 6.45) is 1.94. The van der Waals surface area contributed by atoms with Crippen LogP contribution in [0.5, 0.6) is 0 Å². The lowest BCUT2D eigenvalue weighted by Gasteiger charge is -2.04. The summed E-state index contributed by atoms with van der Waals surface area (Å²) < 4.78 is 1.81. The summed E-state index contributed by atoms with van der Waals surface area (Å²) in [5.74, 6) is -0.0580. The van der Waals surface area contributed by atoms with Crippen LogP contribution in [0.3, 0.4) is 0 Å². The van der Waals surface area contributed by atoms with Gasteiger partial charge in [0.05, 0.1) is 15.8 Å². The molecule has 152 valence electrons. The van der Waals surface area contributed by atoms with E-state index in [2.05, 4.69) is 17.3 Å². The first-order valence-corrected chi connectivity index (χ1v) is 9.80. The van der Waals surface area contributed by atoms with Crippen LogP contribution in [0, 0.1) is 17.0 Å². The number of rotatable bonds is 6. The zero-order chi connectivity index (χ0) is 21.3. The standard InChI is InChI=1S/C22H21N5O3/c1-3-4-10-26-21-18(13-15-9-8-14(2)11-19(15)23-21)20(25-26)24-22(28)16-6-5-7-17(12-16)27(29)30/h5-9,11-13H,3-4,10H2,1-2H3,(H,24,25,28). The maximum Gasteiger partial charge on any atom is 0.270 e. The van der Waals surface area contributed by atoms with E-state index in [0.29, 0.717) is 18.0 Å². The average molecular weight is 403 g/mol. The topological polar surface area (TPSA) is 103 Å². The number of pyridine rings is 1. The number of fused-ring (bicyclic) bond motifs is 2. The van der Waals surface area contributed by atoms with Crippen molar-refractivity contribution in [2.75, 3.05) is 5.32 Å². The summed E-state index contributed by atoms with van der Waals surface area (Å²) in [7, 11) is 0. The minimum Gasteiger partial charge on any atom is -0.304 e.